The van der Waals surface area contributed by atoms with Crippen LogP contribution in [-0.2, 0) is 11.3 Å². The number of benzene rings is 2. The van der Waals surface area contributed by atoms with E-state index in [2.05, 4.69) is 58.9 Å². The summed E-state index contributed by atoms with van der Waals surface area (Å²) in [6, 6.07) is 12.5. The fourth-order valence-corrected chi connectivity index (χ4v) is 4.57. The fraction of sp³-hybridized carbons (Fsp3) is 0.320. The van der Waals surface area contributed by atoms with Crippen LogP contribution in [-0.4, -0.2) is 52.3 Å². The van der Waals surface area contributed by atoms with Crippen LogP contribution in [0.4, 0.5) is 0 Å². The normalized spacial score (nSPS) is 13.7. The number of hydrogen-bond acceptors (Lipinski definition) is 5. The molecule has 2 aromatic carbocycles. The molecule has 1 fully saturated rings. The number of rotatable bonds is 3. The second-order valence-electron chi connectivity index (χ2n) is 7.95. The van der Waals surface area contributed by atoms with Crippen LogP contribution in [0, 0.1) is 13.8 Å². The van der Waals surface area contributed by atoms with Crippen LogP contribution in [0.3, 0.4) is 0 Å². The molecule has 0 unspecified atom stereocenters. The Hall–Kier alpha value is -3.23. The number of aryl methyl sites for hydroxylation is 3. The van der Waals surface area contributed by atoms with E-state index in [0.29, 0.717) is 26.3 Å². The molecule has 0 saturated carbocycles. The van der Waals surface area contributed by atoms with Crippen LogP contribution in [0.5, 0.6) is 0 Å². The molecule has 172 valence electrons. The summed E-state index contributed by atoms with van der Waals surface area (Å²) in [5, 5.41) is 6.43. The van der Waals surface area contributed by atoms with Gasteiger partial charge in [0.2, 0.25) is 0 Å². The van der Waals surface area contributed by atoms with Crippen molar-refractivity contribution < 1.29 is 14.1 Å². The second-order valence-corrected chi connectivity index (χ2v) is 8.22. The highest BCUT2D eigenvalue weighted by atomic mass is 32.1. The van der Waals surface area contributed by atoms with Crippen LogP contribution in [0.1, 0.15) is 28.7 Å². The molecule has 0 bridgehead atoms. The van der Waals surface area contributed by atoms with Gasteiger partial charge in [0.05, 0.1) is 24.4 Å². The van der Waals surface area contributed by atoms with Gasteiger partial charge in [-0.25, -0.2) is 0 Å². The summed E-state index contributed by atoms with van der Waals surface area (Å²) >= 11 is 4.05. The highest BCUT2D eigenvalue weighted by Gasteiger charge is 2.21. The average molecular weight is 465 g/mol. The van der Waals surface area contributed by atoms with E-state index in [0.717, 1.165) is 51.1 Å². The number of amides is 1. The van der Waals surface area contributed by atoms with Gasteiger partial charge in [0.25, 0.3) is 5.91 Å². The van der Waals surface area contributed by atoms with Gasteiger partial charge in [0.15, 0.2) is 0 Å². The van der Waals surface area contributed by atoms with Gasteiger partial charge in [-0.15, -0.1) is 0 Å². The number of aromatic nitrogens is 2. The first-order valence-corrected chi connectivity index (χ1v) is 11.5. The number of carbonyl (C=O) groups excluding carboxylic acids is 1. The predicted octanol–water partition coefficient (Wildman–Crippen LogP) is 4.46. The molecule has 1 aliphatic heterocycles. The van der Waals surface area contributed by atoms with Gasteiger partial charge >= 0.3 is 0 Å². The SMILES string of the molecule is CCn1c2ccc(-c3c(C)noc3C)cc2c2ccc(C(=O)N3CCOCC3)cc21.NC=S. The van der Waals surface area contributed by atoms with E-state index >= 15 is 0 Å². The molecule has 4 aromatic rings. The van der Waals surface area contributed by atoms with Gasteiger partial charge in [0.1, 0.15) is 5.76 Å². The number of fused-ring (bicyclic) bond motifs is 3. The van der Waals surface area contributed by atoms with Crippen LogP contribution in [0.25, 0.3) is 32.9 Å². The highest BCUT2D eigenvalue weighted by Crippen LogP contribution is 2.35. The first kappa shape index (κ1) is 22.9. The lowest BCUT2D eigenvalue weighted by atomic mass is 10.0. The molecule has 0 aliphatic carbocycles. The van der Waals surface area contributed by atoms with Crippen LogP contribution in [0.2, 0.25) is 0 Å². The van der Waals surface area contributed by atoms with Crippen LogP contribution >= 0.6 is 12.2 Å². The molecule has 2 aromatic heterocycles. The lowest BCUT2D eigenvalue weighted by molar-refractivity contribution is 0.0303. The van der Waals surface area contributed by atoms with E-state index in [4.69, 9.17) is 9.26 Å². The first-order valence-electron chi connectivity index (χ1n) is 11.0. The second kappa shape index (κ2) is 9.72. The number of hydrogen-bond donors (Lipinski definition) is 1. The molecule has 7 nitrogen and oxygen atoms in total. The maximum absolute atomic E-state index is 13.0. The van der Waals surface area contributed by atoms with Gasteiger partial charge in [-0.3, -0.25) is 4.79 Å². The molecule has 2 N–H and O–H groups in total. The third-order valence-electron chi connectivity index (χ3n) is 6.05. The van der Waals surface area contributed by atoms with Gasteiger partial charge < -0.3 is 24.5 Å². The number of nitrogens with two attached hydrogens (primary N) is 1. The summed E-state index contributed by atoms with van der Waals surface area (Å²) in [4.78, 5) is 14.9. The Labute approximate surface area is 198 Å². The smallest absolute Gasteiger partial charge is 0.254 e. The zero-order valence-electron chi connectivity index (χ0n) is 19.1. The quantitative estimate of drug-likeness (QED) is 0.451. The Morgan fingerprint density at radius 2 is 1.85 bits per heavy atom. The molecular formula is C25H28N4O3S. The van der Waals surface area contributed by atoms with E-state index in [1.807, 2.05) is 30.9 Å². The third-order valence-corrected chi connectivity index (χ3v) is 6.05. The zero-order valence-corrected chi connectivity index (χ0v) is 19.9. The van der Waals surface area contributed by atoms with E-state index in [9.17, 15) is 4.79 Å². The molecule has 0 radical (unpaired) electrons. The summed E-state index contributed by atoms with van der Waals surface area (Å²) in [7, 11) is 0. The number of carbonyl (C=O) groups is 1. The van der Waals surface area contributed by atoms with Gasteiger partial charge in [-0.1, -0.05) is 29.5 Å². The maximum Gasteiger partial charge on any atom is 0.254 e. The molecule has 33 heavy (non-hydrogen) atoms. The monoisotopic (exact) mass is 464 g/mol. The molecule has 3 heterocycles. The zero-order chi connectivity index (χ0) is 23.5. The van der Waals surface area contributed by atoms with Gasteiger partial charge in [-0.2, -0.15) is 0 Å². The summed E-state index contributed by atoms with van der Waals surface area (Å²) in [6.45, 7) is 9.38. The van der Waals surface area contributed by atoms with Crippen molar-refractivity contribution in [3.63, 3.8) is 0 Å². The Morgan fingerprint density at radius 1 is 1.12 bits per heavy atom. The van der Waals surface area contributed by atoms with E-state index < -0.39 is 0 Å². The van der Waals surface area contributed by atoms with Crippen molar-refractivity contribution in [2.45, 2.75) is 27.3 Å². The molecule has 0 atom stereocenters. The molecule has 8 heteroatoms. The summed E-state index contributed by atoms with van der Waals surface area (Å²) < 4.78 is 13.0. The molecule has 1 amide bonds. The average Bonchev–Trinajstić information content (AvgIpc) is 3.34. The molecular weight excluding hydrogens is 436 g/mol. The Balaban J connectivity index is 0.000000821. The van der Waals surface area contributed by atoms with E-state index in [1.165, 1.54) is 10.9 Å². The molecule has 1 saturated heterocycles. The van der Waals surface area contributed by atoms with Crippen LogP contribution in [0.15, 0.2) is 40.9 Å². The number of ether oxygens (including phenoxy) is 1. The van der Waals surface area contributed by atoms with E-state index in [-0.39, 0.29) is 5.91 Å². The number of thiocarbonyl (C=S) groups is 1. The van der Waals surface area contributed by atoms with Crippen molar-refractivity contribution in [1.82, 2.24) is 14.6 Å². The minimum Gasteiger partial charge on any atom is -0.396 e. The van der Waals surface area contributed by atoms with Gasteiger partial charge in [-0.05, 0) is 50.6 Å². The molecule has 0 spiro atoms. The Bertz CT molecular complexity index is 1300. The number of morpholine rings is 1. The number of nitrogens with zero attached hydrogens (tertiary/aromatic N) is 3. The predicted molar refractivity (Wildman–Crippen MR) is 135 cm³/mol. The first-order chi connectivity index (χ1) is 16.0. The lowest BCUT2D eigenvalue weighted by Crippen LogP contribution is -2.40. The Morgan fingerprint density at radius 3 is 2.48 bits per heavy atom. The molecule has 5 rings (SSSR count). The highest BCUT2D eigenvalue weighted by molar-refractivity contribution is 7.78. The summed E-state index contributed by atoms with van der Waals surface area (Å²) in [5.41, 5.74) is 11.6. The van der Waals surface area contributed by atoms with Crippen molar-refractivity contribution in [2.24, 2.45) is 5.73 Å². The van der Waals surface area contributed by atoms with Gasteiger partial charge in [0, 0.05) is 52.6 Å². The topological polar surface area (TPSA) is 86.5 Å². The van der Waals surface area contributed by atoms with Crippen molar-refractivity contribution in [3.05, 3.63) is 53.4 Å². The van der Waals surface area contributed by atoms with E-state index in [1.54, 1.807) is 0 Å². The van der Waals surface area contributed by atoms with Crippen molar-refractivity contribution in [2.75, 3.05) is 26.3 Å². The van der Waals surface area contributed by atoms with Crippen molar-refractivity contribution in [1.29, 1.82) is 0 Å². The minimum atomic E-state index is 0.0736. The molecule has 1 aliphatic rings. The largest absolute Gasteiger partial charge is 0.396 e. The Kier molecular flexibility index (Phi) is 6.76. The fourth-order valence-electron chi connectivity index (χ4n) is 4.57. The summed E-state index contributed by atoms with van der Waals surface area (Å²) in [5.74, 6) is 0.897. The standard InChI is InChI=1S/C24H25N3O3.CH3NS/c1-4-27-21-8-6-17(23-15(2)25-30-16(23)3)13-20(21)19-7-5-18(14-22(19)27)24(28)26-9-11-29-12-10-26;2-1-3/h5-8,13-14H,4,9-12H2,1-3H3;1H,(H2,2,3). The minimum absolute atomic E-state index is 0.0736. The van der Waals surface area contributed by atoms with Crippen molar-refractivity contribution in [3.8, 4) is 11.1 Å². The third kappa shape index (κ3) is 4.24. The van der Waals surface area contributed by atoms with Crippen LogP contribution < -0.4 is 5.73 Å². The summed E-state index contributed by atoms with van der Waals surface area (Å²) in [6.07, 6.45) is 0. The lowest BCUT2D eigenvalue weighted by Gasteiger charge is -2.26. The van der Waals surface area contributed by atoms with Crippen molar-refractivity contribution >= 4 is 45.4 Å². The maximum atomic E-state index is 13.0.